The molecule has 0 amide bonds. The van der Waals surface area contributed by atoms with Gasteiger partial charge in [0.2, 0.25) is 17.7 Å². The molecule has 0 spiro atoms. The van der Waals surface area contributed by atoms with Crippen LogP contribution in [-0.2, 0) is 0 Å². The van der Waals surface area contributed by atoms with Crippen molar-refractivity contribution < 1.29 is 4.42 Å². The molecule has 0 radical (unpaired) electrons. The second-order valence-electron chi connectivity index (χ2n) is 5.14. The number of aromatic nitrogens is 4. The molecule has 0 fully saturated rings. The molecule has 2 rings (SSSR count). The Labute approximate surface area is 118 Å². The second-order valence-corrected chi connectivity index (χ2v) is 5.14. The highest BCUT2D eigenvalue weighted by Gasteiger charge is 2.17. The Kier molecular flexibility index (Phi) is 3.87. The second kappa shape index (κ2) is 5.44. The number of rotatable bonds is 4. The minimum Gasteiger partial charge on any atom is -0.423 e. The predicted molar refractivity (Wildman–Crippen MR) is 76.3 cm³/mol. The normalized spacial score (nSPS) is 12.7. The number of hydrogen-bond donors (Lipinski definition) is 2. The quantitative estimate of drug-likeness (QED) is 0.883. The first-order valence-electron chi connectivity index (χ1n) is 6.59. The third-order valence-electron chi connectivity index (χ3n) is 3.08. The lowest BCUT2D eigenvalue weighted by molar-refractivity contribution is 0.419. The van der Waals surface area contributed by atoms with Gasteiger partial charge in [-0.1, -0.05) is 13.8 Å². The van der Waals surface area contributed by atoms with Crippen LogP contribution < -0.4 is 11.1 Å². The van der Waals surface area contributed by atoms with E-state index in [-0.39, 0.29) is 17.9 Å². The molecule has 108 valence electrons. The molecule has 0 aliphatic heterocycles. The lowest BCUT2D eigenvalue weighted by Gasteiger charge is -2.14. The average Bonchev–Trinajstić information content (AvgIpc) is 2.85. The lowest BCUT2D eigenvalue weighted by atomic mass is 10.2. The van der Waals surface area contributed by atoms with E-state index in [4.69, 9.17) is 10.2 Å². The van der Waals surface area contributed by atoms with Crippen LogP contribution in [0, 0.1) is 13.8 Å². The van der Waals surface area contributed by atoms with E-state index in [0.717, 1.165) is 11.3 Å². The van der Waals surface area contributed by atoms with Gasteiger partial charge in [-0.15, -0.1) is 10.2 Å². The van der Waals surface area contributed by atoms with E-state index in [1.807, 2.05) is 34.6 Å². The fraction of sp³-hybridized carbons (Fsp3) is 0.538. The molecule has 1 atom stereocenters. The summed E-state index contributed by atoms with van der Waals surface area (Å²) in [6, 6.07) is -0.151. The Bertz CT molecular complexity index is 607. The van der Waals surface area contributed by atoms with Crippen molar-refractivity contribution in [1.82, 2.24) is 20.2 Å². The van der Waals surface area contributed by atoms with Crippen LogP contribution in [0.3, 0.4) is 0 Å². The van der Waals surface area contributed by atoms with Crippen molar-refractivity contribution in [2.24, 2.45) is 0 Å². The Balaban J connectivity index is 2.20. The number of hydrogen-bond acceptors (Lipinski definition) is 7. The summed E-state index contributed by atoms with van der Waals surface area (Å²) in [5.41, 5.74) is 7.47. The highest BCUT2D eigenvalue weighted by molar-refractivity contribution is 5.49. The third-order valence-corrected chi connectivity index (χ3v) is 3.08. The summed E-state index contributed by atoms with van der Waals surface area (Å²) < 4.78 is 5.62. The maximum atomic E-state index is 5.67. The van der Waals surface area contributed by atoms with Crippen LogP contribution in [0.4, 0.5) is 11.8 Å². The van der Waals surface area contributed by atoms with E-state index in [1.54, 1.807) is 0 Å². The summed E-state index contributed by atoms with van der Waals surface area (Å²) in [6.07, 6.45) is 0. The van der Waals surface area contributed by atoms with Crippen LogP contribution in [0.2, 0.25) is 0 Å². The number of nitrogens with one attached hydrogen (secondary N) is 1. The monoisotopic (exact) mass is 276 g/mol. The van der Waals surface area contributed by atoms with Gasteiger partial charge in [0.05, 0.1) is 0 Å². The van der Waals surface area contributed by atoms with Gasteiger partial charge in [0.15, 0.2) is 0 Å². The van der Waals surface area contributed by atoms with Crippen LogP contribution in [-0.4, -0.2) is 20.2 Å². The van der Waals surface area contributed by atoms with Gasteiger partial charge in [0, 0.05) is 17.2 Å². The molecule has 0 aliphatic carbocycles. The highest BCUT2D eigenvalue weighted by Crippen LogP contribution is 2.23. The van der Waals surface area contributed by atoms with E-state index in [9.17, 15) is 0 Å². The minimum atomic E-state index is -0.151. The zero-order chi connectivity index (χ0) is 14.9. The summed E-state index contributed by atoms with van der Waals surface area (Å²) in [4.78, 5) is 8.32. The van der Waals surface area contributed by atoms with Crippen molar-refractivity contribution in [3.63, 3.8) is 0 Å². The Hall–Kier alpha value is -2.18. The molecule has 0 aromatic carbocycles. The van der Waals surface area contributed by atoms with E-state index in [1.165, 1.54) is 0 Å². The Morgan fingerprint density at radius 2 is 1.70 bits per heavy atom. The molecule has 2 heterocycles. The largest absolute Gasteiger partial charge is 0.423 e. The topological polar surface area (TPSA) is 103 Å². The van der Waals surface area contributed by atoms with Crippen LogP contribution in [0.1, 0.15) is 55.8 Å². The molecular weight excluding hydrogens is 256 g/mol. The number of nitrogens with two attached hydrogens (primary N) is 1. The number of anilines is 2. The molecule has 0 aliphatic rings. The standard InChI is InChI=1S/C13H20N6O/c1-6(2)11-18-19-12(20-11)9(5)15-10-7(3)8(4)16-13(14)17-10/h6,9H,1-5H3,(H3,14,15,16,17). The minimum absolute atomic E-state index is 0.151. The zero-order valence-corrected chi connectivity index (χ0v) is 12.4. The maximum absolute atomic E-state index is 5.67. The van der Waals surface area contributed by atoms with Crippen molar-refractivity contribution in [2.75, 3.05) is 11.1 Å². The lowest BCUT2D eigenvalue weighted by Crippen LogP contribution is -2.12. The van der Waals surface area contributed by atoms with E-state index in [0.29, 0.717) is 17.6 Å². The van der Waals surface area contributed by atoms with Crippen molar-refractivity contribution in [2.45, 2.75) is 46.6 Å². The molecule has 0 bridgehead atoms. The van der Waals surface area contributed by atoms with Crippen molar-refractivity contribution in [3.8, 4) is 0 Å². The Morgan fingerprint density at radius 3 is 2.30 bits per heavy atom. The molecular formula is C13H20N6O. The third kappa shape index (κ3) is 2.87. The summed E-state index contributed by atoms with van der Waals surface area (Å²) in [5, 5.41) is 11.3. The van der Waals surface area contributed by atoms with Crippen LogP contribution in [0.25, 0.3) is 0 Å². The van der Waals surface area contributed by atoms with Gasteiger partial charge in [-0.05, 0) is 20.8 Å². The molecule has 1 unspecified atom stereocenters. The predicted octanol–water partition coefficient (Wildman–Crippen LogP) is 2.36. The van der Waals surface area contributed by atoms with Gasteiger partial charge in [-0.2, -0.15) is 4.98 Å². The molecule has 2 aromatic heterocycles. The van der Waals surface area contributed by atoms with Gasteiger partial charge in [-0.25, -0.2) is 4.98 Å². The maximum Gasteiger partial charge on any atom is 0.238 e. The fourth-order valence-corrected chi connectivity index (χ4v) is 1.71. The van der Waals surface area contributed by atoms with E-state index < -0.39 is 0 Å². The zero-order valence-electron chi connectivity index (χ0n) is 12.4. The average molecular weight is 276 g/mol. The molecule has 20 heavy (non-hydrogen) atoms. The fourth-order valence-electron chi connectivity index (χ4n) is 1.71. The van der Waals surface area contributed by atoms with Crippen LogP contribution >= 0.6 is 0 Å². The van der Waals surface area contributed by atoms with Crippen LogP contribution in [0.5, 0.6) is 0 Å². The van der Waals surface area contributed by atoms with Gasteiger partial charge in [0.1, 0.15) is 11.9 Å². The molecule has 0 saturated heterocycles. The first-order chi connectivity index (χ1) is 9.38. The molecule has 0 saturated carbocycles. The summed E-state index contributed by atoms with van der Waals surface area (Å²) >= 11 is 0. The number of nitrogens with zero attached hydrogens (tertiary/aromatic N) is 4. The molecule has 2 aromatic rings. The first-order valence-corrected chi connectivity index (χ1v) is 6.59. The first kappa shape index (κ1) is 14.2. The van der Waals surface area contributed by atoms with E-state index >= 15 is 0 Å². The molecule has 3 N–H and O–H groups in total. The van der Waals surface area contributed by atoms with Crippen molar-refractivity contribution in [1.29, 1.82) is 0 Å². The summed E-state index contributed by atoms with van der Waals surface area (Å²) in [7, 11) is 0. The van der Waals surface area contributed by atoms with Gasteiger partial charge in [-0.3, -0.25) is 0 Å². The van der Waals surface area contributed by atoms with Gasteiger partial charge >= 0.3 is 0 Å². The molecule has 7 heteroatoms. The van der Waals surface area contributed by atoms with Gasteiger partial charge < -0.3 is 15.5 Å². The summed E-state index contributed by atoms with van der Waals surface area (Å²) in [6.45, 7) is 9.79. The van der Waals surface area contributed by atoms with Crippen LogP contribution in [0.15, 0.2) is 4.42 Å². The van der Waals surface area contributed by atoms with E-state index in [2.05, 4.69) is 25.5 Å². The number of aryl methyl sites for hydroxylation is 1. The van der Waals surface area contributed by atoms with Crippen molar-refractivity contribution >= 4 is 11.8 Å². The summed E-state index contributed by atoms with van der Waals surface area (Å²) in [5.74, 6) is 2.30. The highest BCUT2D eigenvalue weighted by atomic mass is 16.4. The van der Waals surface area contributed by atoms with Gasteiger partial charge in [0.25, 0.3) is 0 Å². The van der Waals surface area contributed by atoms with Crippen molar-refractivity contribution in [3.05, 3.63) is 23.0 Å². The SMILES string of the molecule is Cc1nc(N)nc(NC(C)c2nnc(C(C)C)o2)c1C. The molecule has 7 nitrogen and oxygen atoms in total. The smallest absolute Gasteiger partial charge is 0.238 e. The number of nitrogen functional groups attached to an aromatic ring is 1. The Morgan fingerprint density at radius 1 is 1.05 bits per heavy atom.